The number of fused-ring (bicyclic) bond motifs is 3. The predicted octanol–water partition coefficient (Wildman–Crippen LogP) is 4.78. The molecule has 0 saturated heterocycles. The van der Waals surface area contributed by atoms with Crippen LogP contribution >= 0.6 is 0 Å². The van der Waals surface area contributed by atoms with E-state index in [1.807, 2.05) is 0 Å². The second-order valence-corrected chi connectivity index (χ2v) is 9.95. The zero-order chi connectivity index (χ0) is 26.8. The number of hydroxylamine groups is 2. The summed E-state index contributed by atoms with van der Waals surface area (Å²) in [5, 5.41) is 3.92. The number of methoxy groups -OCH3 is 1. The number of nitrogens with one attached hydrogen (secondary N) is 1. The molecule has 0 atom stereocenters. The standard InChI is InChI=1S/C27H31F3N2O5/c1-32(36-3)25(34)27-11-8-26(9-12-27,10-13-27)16-31-24(33)19-14-20(28)23(22(30)21(19)29)37-15-17-4-6-18(35-2)7-5-17/h4-7,14H,8-13,15-16H2,1-3H3,(H,31,33)/t26-,27+. The highest BCUT2D eigenvalue weighted by molar-refractivity contribution is 5.94. The fourth-order valence-corrected chi connectivity index (χ4v) is 5.38. The molecular weight excluding hydrogens is 489 g/mol. The summed E-state index contributed by atoms with van der Waals surface area (Å²) in [5.41, 5.74) is -0.823. The predicted molar refractivity (Wildman–Crippen MR) is 128 cm³/mol. The maximum absolute atomic E-state index is 14.8. The Morgan fingerprint density at radius 1 is 0.973 bits per heavy atom. The van der Waals surface area contributed by atoms with Crippen LogP contribution in [0.3, 0.4) is 0 Å². The van der Waals surface area contributed by atoms with Crippen molar-refractivity contribution >= 4 is 11.8 Å². The lowest BCUT2D eigenvalue weighted by Gasteiger charge is -2.53. The number of carbonyl (C=O) groups is 2. The number of halogens is 3. The molecule has 0 aromatic heterocycles. The van der Waals surface area contributed by atoms with E-state index in [1.165, 1.54) is 19.3 Å². The van der Waals surface area contributed by atoms with Gasteiger partial charge in [-0.25, -0.2) is 13.8 Å². The zero-order valence-corrected chi connectivity index (χ0v) is 21.2. The highest BCUT2D eigenvalue weighted by atomic mass is 19.2. The molecule has 0 unspecified atom stereocenters. The van der Waals surface area contributed by atoms with E-state index in [2.05, 4.69) is 5.32 Å². The molecule has 0 radical (unpaired) electrons. The lowest BCUT2D eigenvalue weighted by atomic mass is 9.53. The molecule has 2 aromatic rings. The Kier molecular flexibility index (Phi) is 7.68. The number of hydrogen-bond donors (Lipinski definition) is 1. The first-order chi connectivity index (χ1) is 17.6. The smallest absolute Gasteiger partial charge is 0.254 e. The van der Waals surface area contributed by atoms with Crippen LogP contribution in [0.2, 0.25) is 0 Å². The summed E-state index contributed by atoms with van der Waals surface area (Å²) in [6.07, 6.45) is 4.10. The minimum Gasteiger partial charge on any atom is -0.497 e. The van der Waals surface area contributed by atoms with Gasteiger partial charge in [0.25, 0.3) is 11.8 Å². The van der Waals surface area contributed by atoms with Crippen LogP contribution in [-0.4, -0.2) is 44.7 Å². The quantitative estimate of drug-likeness (QED) is 0.380. The lowest BCUT2D eigenvalue weighted by molar-refractivity contribution is -0.188. The zero-order valence-electron chi connectivity index (χ0n) is 21.2. The maximum Gasteiger partial charge on any atom is 0.254 e. The third-order valence-corrected chi connectivity index (χ3v) is 7.94. The van der Waals surface area contributed by atoms with E-state index in [4.69, 9.17) is 14.3 Å². The fourth-order valence-electron chi connectivity index (χ4n) is 5.38. The van der Waals surface area contributed by atoms with Crippen molar-refractivity contribution in [1.29, 1.82) is 0 Å². The molecule has 2 aromatic carbocycles. The van der Waals surface area contributed by atoms with E-state index >= 15 is 0 Å². The molecule has 10 heteroatoms. The molecule has 3 saturated carbocycles. The third kappa shape index (κ3) is 5.25. The minimum absolute atomic E-state index is 0.0466. The van der Waals surface area contributed by atoms with Crippen LogP contribution in [0.1, 0.15) is 54.4 Å². The van der Waals surface area contributed by atoms with Crippen molar-refractivity contribution in [1.82, 2.24) is 10.4 Å². The van der Waals surface area contributed by atoms with E-state index in [9.17, 15) is 22.8 Å². The Labute approximate surface area is 213 Å². The van der Waals surface area contributed by atoms with E-state index in [0.29, 0.717) is 55.9 Å². The Morgan fingerprint density at radius 2 is 1.59 bits per heavy atom. The molecule has 2 amide bonds. The van der Waals surface area contributed by atoms with Gasteiger partial charge in [-0.1, -0.05) is 12.1 Å². The highest BCUT2D eigenvalue weighted by Crippen LogP contribution is 2.57. The van der Waals surface area contributed by atoms with Gasteiger partial charge in [-0.05, 0) is 67.7 Å². The van der Waals surface area contributed by atoms with Crippen molar-refractivity contribution in [3.8, 4) is 11.5 Å². The molecule has 0 aliphatic heterocycles. The second-order valence-electron chi connectivity index (χ2n) is 9.95. The van der Waals surface area contributed by atoms with Crippen molar-refractivity contribution in [2.45, 2.75) is 45.1 Å². The molecule has 5 rings (SSSR count). The van der Waals surface area contributed by atoms with E-state index in [1.54, 1.807) is 31.3 Å². The molecule has 0 spiro atoms. The van der Waals surface area contributed by atoms with Crippen LogP contribution in [0, 0.1) is 28.3 Å². The van der Waals surface area contributed by atoms with Crippen LogP contribution in [-0.2, 0) is 16.2 Å². The first-order valence-corrected chi connectivity index (χ1v) is 12.2. The first kappa shape index (κ1) is 26.8. The van der Waals surface area contributed by atoms with Gasteiger partial charge in [-0.15, -0.1) is 0 Å². The van der Waals surface area contributed by atoms with Crippen molar-refractivity contribution < 1.29 is 37.1 Å². The molecule has 3 fully saturated rings. The molecular formula is C27H31F3N2O5. The van der Waals surface area contributed by atoms with Crippen molar-refractivity contribution in [2.75, 3.05) is 27.8 Å². The van der Waals surface area contributed by atoms with Gasteiger partial charge in [0, 0.05) is 13.6 Å². The Hall–Kier alpha value is -3.27. The molecule has 3 aliphatic carbocycles. The number of amides is 2. The van der Waals surface area contributed by atoms with Crippen LogP contribution in [0.4, 0.5) is 13.2 Å². The normalized spacial score (nSPS) is 22.4. The average molecular weight is 521 g/mol. The Balaban J connectivity index is 1.39. The van der Waals surface area contributed by atoms with Gasteiger partial charge in [0.1, 0.15) is 12.4 Å². The minimum atomic E-state index is -1.56. The SMILES string of the molecule is COc1ccc(COc2c(F)cc(C(=O)NC[C@]34CC[C@](C(=O)N(C)OC)(CC3)CC4)c(F)c2F)cc1. The van der Waals surface area contributed by atoms with Gasteiger partial charge in [0.2, 0.25) is 5.82 Å². The molecule has 200 valence electrons. The summed E-state index contributed by atoms with van der Waals surface area (Å²) in [6.45, 7) is 0.0319. The van der Waals surface area contributed by atoms with Gasteiger partial charge in [0.15, 0.2) is 17.4 Å². The molecule has 0 heterocycles. The Morgan fingerprint density at radius 3 is 2.16 bits per heavy atom. The molecule has 1 N–H and O–H groups in total. The summed E-state index contributed by atoms with van der Waals surface area (Å²) in [7, 11) is 4.55. The molecule has 3 aliphatic rings. The molecule has 37 heavy (non-hydrogen) atoms. The topological polar surface area (TPSA) is 77.1 Å². The number of nitrogens with zero attached hydrogens (tertiary/aromatic N) is 1. The summed E-state index contributed by atoms with van der Waals surface area (Å²) < 4.78 is 54.3. The monoisotopic (exact) mass is 520 g/mol. The maximum atomic E-state index is 14.8. The van der Waals surface area contributed by atoms with E-state index < -0.39 is 40.1 Å². The summed E-state index contributed by atoms with van der Waals surface area (Å²) in [6, 6.07) is 7.28. The van der Waals surface area contributed by atoms with Crippen molar-refractivity contribution in [2.24, 2.45) is 10.8 Å². The first-order valence-electron chi connectivity index (χ1n) is 12.2. The summed E-state index contributed by atoms with van der Waals surface area (Å²) in [5.74, 6) is -5.42. The van der Waals surface area contributed by atoms with Gasteiger partial charge in [-0.2, -0.15) is 4.39 Å². The number of hydrogen-bond acceptors (Lipinski definition) is 5. The van der Waals surface area contributed by atoms with Gasteiger partial charge in [0.05, 0.1) is 25.2 Å². The summed E-state index contributed by atoms with van der Waals surface area (Å²) >= 11 is 0. The van der Waals surface area contributed by atoms with Crippen molar-refractivity contribution in [3.05, 3.63) is 58.9 Å². The largest absolute Gasteiger partial charge is 0.497 e. The number of carbonyl (C=O) groups excluding carboxylic acids is 2. The molecule has 7 nitrogen and oxygen atoms in total. The van der Waals surface area contributed by atoms with Crippen LogP contribution in [0.15, 0.2) is 30.3 Å². The summed E-state index contributed by atoms with van der Waals surface area (Å²) in [4.78, 5) is 30.5. The number of rotatable bonds is 9. The highest BCUT2D eigenvalue weighted by Gasteiger charge is 2.53. The molecule has 2 bridgehead atoms. The van der Waals surface area contributed by atoms with Gasteiger partial charge in [-0.3, -0.25) is 14.4 Å². The number of ether oxygens (including phenoxy) is 2. The lowest BCUT2D eigenvalue weighted by Crippen LogP contribution is -2.53. The Bertz CT molecular complexity index is 1150. The van der Waals surface area contributed by atoms with Crippen LogP contribution in [0.5, 0.6) is 11.5 Å². The van der Waals surface area contributed by atoms with Crippen molar-refractivity contribution in [3.63, 3.8) is 0 Å². The van der Waals surface area contributed by atoms with Gasteiger partial charge >= 0.3 is 0 Å². The average Bonchev–Trinajstić information content (AvgIpc) is 2.94. The fraction of sp³-hybridized carbons (Fsp3) is 0.481. The van der Waals surface area contributed by atoms with Crippen LogP contribution < -0.4 is 14.8 Å². The van der Waals surface area contributed by atoms with Crippen LogP contribution in [0.25, 0.3) is 0 Å². The number of benzene rings is 2. The van der Waals surface area contributed by atoms with Gasteiger partial charge < -0.3 is 14.8 Å². The third-order valence-electron chi connectivity index (χ3n) is 7.94. The van der Waals surface area contributed by atoms with E-state index in [-0.39, 0.29) is 24.5 Å². The van der Waals surface area contributed by atoms with E-state index in [0.717, 1.165) is 0 Å². The second kappa shape index (κ2) is 10.6.